The summed E-state index contributed by atoms with van der Waals surface area (Å²) in [6, 6.07) is 9.40. The Kier molecular flexibility index (Phi) is 6.80. The molecule has 1 N–H and O–H groups in total. The maximum absolute atomic E-state index is 9.04. The number of hydrogen-bond acceptors (Lipinski definition) is 5. The summed E-state index contributed by atoms with van der Waals surface area (Å²) in [5.74, 6) is 0.732. The van der Waals surface area contributed by atoms with E-state index < -0.39 is 25.2 Å². The fourth-order valence-electron chi connectivity index (χ4n) is 1.60. The van der Waals surface area contributed by atoms with Crippen LogP contribution in [0.2, 0.25) is 0 Å². The van der Waals surface area contributed by atoms with Gasteiger partial charge in [0.15, 0.2) is 25.2 Å². The first-order chi connectivity index (χ1) is 8.97. The van der Waals surface area contributed by atoms with Crippen molar-refractivity contribution in [1.29, 1.82) is 0 Å². The normalized spacial score (nSPS) is 17.5. The van der Waals surface area contributed by atoms with Crippen LogP contribution in [-0.2, 0) is 14.2 Å². The molecule has 0 amide bonds. The second-order valence-electron chi connectivity index (χ2n) is 4.14. The van der Waals surface area contributed by atoms with Crippen molar-refractivity contribution in [3.8, 4) is 5.75 Å². The molecule has 0 aromatic heterocycles. The van der Waals surface area contributed by atoms with Crippen LogP contribution < -0.4 is 4.74 Å². The molecule has 4 atom stereocenters. The number of para-hydroxylation sites is 1. The average molecular weight is 270 g/mol. The summed E-state index contributed by atoms with van der Waals surface area (Å²) in [6.45, 7) is 6.74. The Hall–Kier alpha value is -1.14. The van der Waals surface area contributed by atoms with Gasteiger partial charge in [0.05, 0.1) is 0 Å². The van der Waals surface area contributed by atoms with E-state index in [1.54, 1.807) is 20.8 Å². The second kappa shape index (κ2) is 8.12. The van der Waals surface area contributed by atoms with Crippen molar-refractivity contribution in [1.82, 2.24) is 0 Å². The molecule has 1 rings (SSSR count). The third kappa shape index (κ3) is 7.12. The average Bonchev–Trinajstić information content (AvgIpc) is 2.28. The Morgan fingerprint density at radius 2 is 1.32 bits per heavy atom. The van der Waals surface area contributed by atoms with Crippen LogP contribution in [0.3, 0.4) is 0 Å². The quantitative estimate of drug-likeness (QED) is 0.735. The molecule has 0 radical (unpaired) electrons. The van der Waals surface area contributed by atoms with E-state index in [1.165, 1.54) is 6.92 Å². The predicted octanol–water partition coefficient (Wildman–Crippen LogP) is 2.49. The molecule has 0 heterocycles. The fourth-order valence-corrected chi connectivity index (χ4v) is 1.60. The summed E-state index contributed by atoms with van der Waals surface area (Å²) >= 11 is 0. The molecule has 1 aromatic rings. The molecule has 0 fully saturated rings. The van der Waals surface area contributed by atoms with E-state index >= 15 is 0 Å². The molecule has 0 saturated heterocycles. The van der Waals surface area contributed by atoms with Crippen LogP contribution in [0.4, 0.5) is 0 Å². The number of hydrogen-bond donors (Lipinski definition) is 1. The van der Waals surface area contributed by atoms with Gasteiger partial charge in [-0.2, -0.15) is 0 Å². The molecule has 108 valence electrons. The van der Waals surface area contributed by atoms with Gasteiger partial charge in [-0.25, -0.2) is 0 Å². The highest BCUT2D eigenvalue weighted by Gasteiger charge is 2.14. The van der Waals surface area contributed by atoms with E-state index in [1.807, 2.05) is 30.3 Å². The van der Waals surface area contributed by atoms with Crippen molar-refractivity contribution in [3.63, 3.8) is 0 Å². The minimum Gasteiger partial charge on any atom is -0.465 e. The second-order valence-corrected chi connectivity index (χ2v) is 4.14. The van der Waals surface area contributed by atoms with Crippen molar-refractivity contribution in [3.05, 3.63) is 30.3 Å². The summed E-state index contributed by atoms with van der Waals surface area (Å²) < 4.78 is 21.5. The minimum absolute atomic E-state index is 0.448. The smallest absolute Gasteiger partial charge is 0.199 e. The summed E-state index contributed by atoms with van der Waals surface area (Å²) in [7, 11) is 0. The van der Waals surface area contributed by atoms with Gasteiger partial charge in [-0.3, -0.25) is 0 Å². The first kappa shape index (κ1) is 15.9. The van der Waals surface area contributed by atoms with Gasteiger partial charge >= 0.3 is 0 Å². The third-order valence-corrected chi connectivity index (χ3v) is 2.20. The molecule has 5 nitrogen and oxygen atoms in total. The molecule has 1 aromatic carbocycles. The van der Waals surface area contributed by atoms with Crippen LogP contribution >= 0.6 is 0 Å². The Bertz CT molecular complexity index is 341. The maximum Gasteiger partial charge on any atom is 0.199 e. The van der Waals surface area contributed by atoms with Crippen LogP contribution in [0.5, 0.6) is 5.75 Å². The summed E-state index contributed by atoms with van der Waals surface area (Å²) in [5, 5.41) is 9.04. The van der Waals surface area contributed by atoms with E-state index in [2.05, 4.69) is 0 Å². The van der Waals surface area contributed by atoms with Crippen molar-refractivity contribution in [2.75, 3.05) is 0 Å². The van der Waals surface area contributed by atoms with E-state index in [4.69, 9.17) is 24.1 Å². The van der Waals surface area contributed by atoms with Gasteiger partial charge in [0.25, 0.3) is 0 Å². The summed E-state index contributed by atoms with van der Waals surface area (Å²) in [6.07, 6.45) is -2.39. The summed E-state index contributed by atoms with van der Waals surface area (Å²) in [4.78, 5) is 0. The fraction of sp³-hybridized carbons (Fsp3) is 0.571. The zero-order valence-corrected chi connectivity index (χ0v) is 11.8. The lowest BCUT2D eigenvalue weighted by Gasteiger charge is -2.24. The molecule has 0 saturated carbocycles. The van der Waals surface area contributed by atoms with E-state index in [9.17, 15) is 0 Å². The molecule has 19 heavy (non-hydrogen) atoms. The SMILES string of the molecule is CC(O)OC(C)OC(C)OC(C)Oc1ccccc1. The molecule has 0 spiro atoms. The molecular formula is C14H22O5. The zero-order chi connectivity index (χ0) is 14.3. The van der Waals surface area contributed by atoms with E-state index in [0.717, 1.165) is 5.75 Å². The lowest BCUT2D eigenvalue weighted by atomic mass is 10.3. The highest BCUT2D eigenvalue weighted by Crippen LogP contribution is 2.13. The van der Waals surface area contributed by atoms with Crippen molar-refractivity contribution < 1.29 is 24.1 Å². The molecule has 0 aliphatic rings. The Morgan fingerprint density at radius 1 is 0.789 bits per heavy atom. The van der Waals surface area contributed by atoms with E-state index in [-0.39, 0.29) is 0 Å². The maximum atomic E-state index is 9.04. The van der Waals surface area contributed by atoms with Gasteiger partial charge in [0.1, 0.15) is 5.75 Å². The third-order valence-electron chi connectivity index (χ3n) is 2.20. The van der Waals surface area contributed by atoms with Crippen molar-refractivity contribution in [2.45, 2.75) is 52.9 Å². The molecule has 0 aliphatic heterocycles. The van der Waals surface area contributed by atoms with Gasteiger partial charge in [0, 0.05) is 0 Å². The zero-order valence-electron chi connectivity index (χ0n) is 11.8. The van der Waals surface area contributed by atoms with Crippen LogP contribution in [0.15, 0.2) is 30.3 Å². The monoisotopic (exact) mass is 270 g/mol. The summed E-state index contributed by atoms with van der Waals surface area (Å²) in [5.41, 5.74) is 0. The first-order valence-electron chi connectivity index (χ1n) is 6.33. The minimum atomic E-state index is -0.875. The largest absolute Gasteiger partial charge is 0.465 e. The van der Waals surface area contributed by atoms with Crippen LogP contribution in [-0.4, -0.2) is 30.3 Å². The number of ether oxygens (including phenoxy) is 4. The molecule has 5 heteroatoms. The van der Waals surface area contributed by atoms with Gasteiger partial charge in [-0.05, 0) is 39.8 Å². The molecule has 0 aliphatic carbocycles. The highest BCUT2D eigenvalue weighted by molar-refractivity contribution is 5.20. The van der Waals surface area contributed by atoms with Crippen LogP contribution in [0.25, 0.3) is 0 Å². The topological polar surface area (TPSA) is 57.2 Å². The lowest BCUT2D eigenvalue weighted by molar-refractivity contribution is -0.291. The van der Waals surface area contributed by atoms with Crippen LogP contribution in [0.1, 0.15) is 27.7 Å². The van der Waals surface area contributed by atoms with Gasteiger partial charge in [-0.15, -0.1) is 0 Å². The van der Waals surface area contributed by atoms with E-state index in [0.29, 0.717) is 0 Å². The van der Waals surface area contributed by atoms with Crippen LogP contribution in [0, 0.1) is 0 Å². The molecule has 0 bridgehead atoms. The van der Waals surface area contributed by atoms with Crippen molar-refractivity contribution >= 4 is 0 Å². The van der Waals surface area contributed by atoms with Gasteiger partial charge in [-0.1, -0.05) is 18.2 Å². The standard InChI is InChI=1S/C14H22O5/c1-10(15)16-11(2)17-12(3)18-13(4)19-14-8-6-5-7-9-14/h5-13,15H,1-4H3. The molecular weight excluding hydrogens is 248 g/mol. The Labute approximate surface area is 114 Å². The number of aliphatic hydroxyl groups is 1. The van der Waals surface area contributed by atoms with Gasteiger partial charge < -0.3 is 24.1 Å². The molecule has 4 unspecified atom stereocenters. The first-order valence-corrected chi connectivity index (χ1v) is 6.33. The highest BCUT2D eigenvalue weighted by atomic mass is 16.8. The lowest BCUT2D eigenvalue weighted by Crippen LogP contribution is -2.29. The number of aliphatic hydroxyl groups excluding tert-OH is 1. The Morgan fingerprint density at radius 3 is 1.89 bits per heavy atom. The number of benzene rings is 1. The van der Waals surface area contributed by atoms with Gasteiger partial charge in [0.2, 0.25) is 0 Å². The Balaban J connectivity index is 2.29. The van der Waals surface area contributed by atoms with Crippen molar-refractivity contribution in [2.24, 2.45) is 0 Å². The number of rotatable bonds is 8. The predicted molar refractivity (Wildman–Crippen MR) is 70.4 cm³/mol.